The van der Waals surface area contributed by atoms with Crippen LogP contribution in [-0.2, 0) is 25.6 Å². The van der Waals surface area contributed by atoms with Gasteiger partial charge >= 0.3 is 0 Å². The minimum Gasteiger partial charge on any atom is -0.507 e. The molecule has 10 heteroatoms. The highest BCUT2D eigenvalue weighted by molar-refractivity contribution is 6.31. The van der Waals surface area contributed by atoms with Crippen molar-refractivity contribution in [2.24, 2.45) is 29.4 Å². The summed E-state index contributed by atoms with van der Waals surface area (Å²) in [5.41, 5.74) is 2.76. The van der Waals surface area contributed by atoms with E-state index in [4.69, 9.17) is 5.73 Å². The number of nitrogens with zero attached hydrogens (tertiary/aromatic N) is 1. The lowest BCUT2D eigenvalue weighted by molar-refractivity contribution is -0.175. The number of amides is 2. The molecule has 168 valence electrons. The average molecular weight is 442 g/mol. The molecule has 4 N–H and O–H groups in total. The number of hydrogen-bond donors (Lipinski definition) is 3. The second-order valence-corrected chi connectivity index (χ2v) is 8.92. The third kappa shape index (κ3) is 2.75. The van der Waals surface area contributed by atoms with Gasteiger partial charge < -0.3 is 20.8 Å². The van der Waals surface area contributed by atoms with Crippen LogP contribution in [0.25, 0.3) is 0 Å². The molecule has 1 aromatic rings. The molecule has 10 nitrogen and oxygen atoms in total. The van der Waals surface area contributed by atoms with E-state index >= 15 is 0 Å². The highest BCUT2D eigenvalue weighted by Gasteiger charge is 2.66. The van der Waals surface area contributed by atoms with Gasteiger partial charge in [-0.05, 0) is 36.5 Å². The molecule has 2 amide bonds. The molecule has 0 aromatic heterocycles. The molecule has 0 radical (unpaired) electrons. The fraction of sp³-hybridized carbons (Fsp3) is 0.455. The smallest absolute Gasteiger partial charge is 0.253 e. The predicted molar refractivity (Wildman–Crippen MR) is 107 cm³/mol. The molecule has 4 rings (SSSR count). The standard InChI is InChI=1S/C22H22N2O8/c1-24(2)21(31)10-3-4-12(25)15-11(10)6-8-5-9-7-13(26)16(20(23)30)19(29)22(9,32)18(28)14(8)17(15)27/h3-4,8-9,14,16,25,32H,5-7H2,1-2H3,(H2,23,30)/t8-,9+,14?,16?,22+/m1/s1. The van der Waals surface area contributed by atoms with E-state index in [0.29, 0.717) is 0 Å². The van der Waals surface area contributed by atoms with Crippen LogP contribution in [0.1, 0.15) is 39.1 Å². The SMILES string of the molecule is CN(C)C(=O)c1ccc(O)c2c1C[C@H]1C[C@H]3CC(=O)C(C(N)=O)C(=O)[C@@]3(O)C(=O)C1C2=O. The van der Waals surface area contributed by atoms with Crippen LogP contribution in [0.3, 0.4) is 0 Å². The van der Waals surface area contributed by atoms with Crippen LogP contribution in [0.4, 0.5) is 0 Å². The maximum atomic E-state index is 13.3. The number of fused-ring (bicyclic) bond motifs is 3. The minimum absolute atomic E-state index is 0.0215. The van der Waals surface area contributed by atoms with E-state index in [0.717, 1.165) is 0 Å². The largest absolute Gasteiger partial charge is 0.507 e. The number of carbonyl (C=O) groups is 6. The van der Waals surface area contributed by atoms with Crippen molar-refractivity contribution in [1.29, 1.82) is 0 Å². The second-order valence-electron chi connectivity index (χ2n) is 8.92. The number of nitrogens with two attached hydrogens (primary N) is 1. The van der Waals surface area contributed by atoms with Gasteiger partial charge in [-0.15, -0.1) is 0 Å². The number of hydrogen-bond acceptors (Lipinski definition) is 8. The lowest BCUT2D eigenvalue weighted by Crippen LogP contribution is -2.68. The number of aliphatic hydroxyl groups is 1. The minimum atomic E-state index is -2.69. The van der Waals surface area contributed by atoms with E-state index in [1.54, 1.807) is 0 Å². The van der Waals surface area contributed by atoms with E-state index in [2.05, 4.69) is 0 Å². The summed E-state index contributed by atoms with van der Waals surface area (Å²) in [4.78, 5) is 77.5. The molecule has 1 aromatic carbocycles. The van der Waals surface area contributed by atoms with Crippen molar-refractivity contribution in [3.63, 3.8) is 0 Å². The third-order valence-electron chi connectivity index (χ3n) is 6.92. The van der Waals surface area contributed by atoms with Crippen LogP contribution in [0, 0.1) is 23.7 Å². The highest BCUT2D eigenvalue weighted by atomic mass is 16.3. The molecular weight excluding hydrogens is 420 g/mol. The van der Waals surface area contributed by atoms with Crippen molar-refractivity contribution in [3.8, 4) is 5.75 Å². The number of Topliss-reactive ketones (excluding diaryl/α,β-unsaturated/α-hetero) is 4. The van der Waals surface area contributed by atoms with Gasteiger partial charge in [0.15, 0.2) is 34.7 Å². The van der Waals surface area contributed by atoms with E-state index in [1.165, 1.54) is 31.1 Å². The summed E-state index contributed by atoms with van der Waals surface area (Å²) >= 11 is 0. The molecule has 32 heavy (non-hydrogen) atoms. The Morgan fingerprint density at radius 1 is 1.09 bits per heavy atom. The summed E-state index contributed by atoms with van der Waals surface area (Å²) in [6.07, 6.45) is -0.364. The molecule has 0 bridgehead atoms. The summed E-state index contributed by atoms with van der Waals surface area (Å²) in [6, 6.07) is 2.59. The van der Waals surface area contributed by atoms with Crippen molar-refractivity contribution in [1.82, 2.24) is 4.90 Å². The Morgan fingerprint density at radius 3 is 2.34 bits per heavy atom. The highest BCUT2D eigenvalue weighted by Crippen LogP contribution is 2.50. The number of phenols is 1. The molecule has 2 saturated carbocycles. The van der Waals surface area contributed by atoms with E-state index < -0.39 is 76.4 Å². The van der Waals surface area contributed by atoms with Crippen molar-refractivity contribution in [3.05, 3.63) is 28.8 Å². The van der Waals surface area contributed by atoms with Gasteiger partial charge in [0, 0.05) is 32.0 Å². The summed E-state index contributed by atoms with van der Waals surface area (Å²) in [5, 5.41) is 21.5. The number of phenolic OH excluding ortho intramolecular Hbond substituents is 1. The molecule has 2 unspecified atom stereocenters. The van der Waals surface area contributed by atoms with E-state index in [-0.39, 0.29) is 29.5 Å². The van der Waals surface area contributed by atoms with Crippen LogP contribution in [0.15, 0.2) is 12.1 Å². The Bertz CT molecular complexity index is 1120. The molecule has 0 saturated heterocycles. The third-order valence-corrected chi connectivity index (χ3v) is 6.92. The van der Waals surface area contributed by atoms with Gasteiger partial charge in [0.2, 0.25) is 5.91 Å². The number of ketones is 4. The van der Waals surface area contributed by atoms with Gasteiger partial charge in [-0.1, -0.05) is 0 Å². The zero-order valence-electron chi connectivity index (χ0n) is 17.5. The summed E-state index contributed by atoms with van der Waals surface area (Å²) in [7, 11) is 3.07. The molecule has 5 atom stereocenters. The Hall–Kier alpha value is -3.40. The monoisotopic (exact) mass is 442 g/mol. The van der Waals surface area contributed by atoms with Crippen LogP contribution in [0.2, 0.25) is 0 Å². The Kier molecular flexibility index (Phi) is 4.81. The number of primary amides is 1. The first-order valence-electron chi connectivity index (χ1n) is 10.1. The molecule has 0 spiro atoms. The van der Waals surface area contributed by atoms with Gasteiger partial charge in [0.25, 0.3) is 5.91 Å². The van der Waals surface area contributed by atoms with Gasteiger partial charge in [-0.2, -0.15) is 0 Å². The predicted octanol–water partition coefficient (Wildman–Crippen LogP) is -0.971. The summed E-state index contributed by atoms with van der Waals surface area (Å²) in [6.45, 7) is 0. The van der Waals surface area contributed by atoms with Crippen LogP contribution < -0.4 is 5.73 Å². The molecular formula is C22H22N2O8. The van der Waals surface area contributed by atoms with Crippen molar-refractivity contribution >= 4 is 34.9 Å². The zero-order valence-corrected chi connectivity index (χ0v) is 17.5. The lowest BCUT2D eigenvalue weighted by Gasteiger charge is -2.48. The maximum Gasteiger partial charge on any atom is 0.253 e. The molecule has 3 aliphatic rings. The van der Waals surface area contributed by atoms with Crippen LogP contribution in [-0.4, -0.2) is 69.8 Å². The first-order valence-corrected chi connectivity index (χ1v) is 10.1. The average Bonchev–Trinajstić information content (AvgIpc) is 2.70. The van der Waals surface area contributed by atoms with Gasteiger partial charge in [0.05, 0.1) is 11.5 Å². The van der Waals surface area contributed by atoms with Crippen LogP contribution in [0.5, 0.6) is 5.75 Å². The lowest BCUT2D eigenvalue weighted by atomic mass is 9.53. The second kappa shape index (κ2) is 7.06. The fourth-order valence-corrected chi connectivity index (χ4v) is 5.41. The van der Waals surface area contributed by atoms with Crippen molar-refractivity contribution < 1.29 is 39.0 Å². The summed E-state index contributed by atoms with van der Waals surface area (Å²) < 4.78 is 0. The normalized spacial score (nSPS) is 31.5. The maximum absolute atomic E-state index is 13.3. The number of aromatic hydroxyl groups is 1. The van der Waals surface area contributed by atoms with Crippen molar-refractivity contribution in [2.45, 2.75) is 24.9 Å². The Morgan fingerprint density at radius 2 is 1.75 bits per heavy atom. The number of carbonyl (C=O) groups excluding carboxylic acids is 6. The van der Waals surface area contributed by atoms with Gasteiger partial charge in [0.1, 0.15) is 5.75 Å². The molecule has 3 aliphatic carbocycles. The Balaban J connectivity index is 1.83. The number of rotatable bonds is 2. The first kappa shape index (κ1) is 21.8. The quantitative estimate of drug-likeness (QED) is 0.491. The van der Waals surface area contributed by atoms with Gasteiger partial charge in [-0.3, -0.25) is 28.8 Å². The van der Waals surface area contributed by atoms with E-state index in [9.17, 15) is 39.0 Å². The molecule has 0 aliphatic heterocycles. The van der Waals surface area contributed by atoms with Gasteiger partial charge in [-0.25, -0.2) is 0 Å². The zero-order chi connectivity index (χ0) is 23.7. The topological polar surface area (TPSA) is 172 Å². The first-order chi connectivity index (χ1) is 14.9. The molecule has 2 fully saturated rings. The van der Waals surface area contributed by atoms with Crippen molar-refractivity contribution in [2.75, 3.05) is 14.1 Å². The van der Waals surface area contributed by atoms with Crippen LogP contribution >= 0.6 is 0 Å². The number of benzene rings is 1. The fourth-order valence-electron chi connectivity index (χ4n) is 5.41. The molecule has 0 heterocycles. The Labute approximate surface area is 182 Å². The summed E-state index contributed by atoms with van der Waals surface area (Å²) in [5.74, 6) is -11.2. The van der Waals surface area contributed by atoms with E-state index in [1.807, 2.05) is 0 Å².